The van der Waals surface area contributed by atoms with E-state index in [9.17, 15) is 18.8 Å². The summed E-state index contributed by atoms with van der Waals surface area (Å²) in [6.45, 7) is 0. The number of benzene rings is 1. The average molecular weight is 289 g/mol. The Hall–Kier alpha value is -2.50. The molecule has 21 heavy (non-hydrogen) atoms. The van der Waals surface area contributed by atoms with Gasteiger partial charge in [0.1, 0.15) is 5.82 Å². The summed E-state index contributed by atoms with van der Waals surface area (Å²) in [7, 11) is 0. The molecule has 1 N–H and O–H groups in total. The predicted molar refractivity (Wildman–Crippen MR) is 71.3 cm³/mol. The fourth-order valence-corrected chi connectivity index (χ4v) is 2.79. The van der Waals surface area contributed by atoms with Crippen LogP contribution in [-0.4, -0.2) is 22.9 Å². The lowest BCUT2D eigenvalue weighted by Crippen LogP contribution is -2.31. The van der Waals surface area contributed by atoms with E-state index < -0.39 is 29.2 Å². The number of hydrogen-bond acceptors (Lipinski definition) is 3. The molecule has 1 heterocycles. The molecule has 0 unspecified atom stereocenters. The van der Waals surface area contributed by atoms with Crippen molar-refractivity contribution < 1.29 is 23.9 Å². The van der Waals surface area contributed by atoms with Gasteiger partial charge in [0.15, 0.2) is 0 Å². The first-order valence-corrected chi connectivity index (χ1v) is 6.64. The fraction of sp³-hybridized carbons (Fsp3) is 0.267. The Bertz CT molecular complexity index is 680. The molecule has 3 rings (SSSR count). The van der Waals surface area contributed by atoms with Crippen LogP contribution in [-0.2, 0) is 9.59 Å². The summed E-state index contributed by atoms with van der Waals surface area (Å²) in [6, 6.07) is 3.25. The van der Waals surface area contributed by atoms with E-state index in [1.54, 1.807) is 0 Å². The number of aromatic carboxylic acids is 1. The number of anilines is 1. The largest absolute Gasteiger partial charge is 0.478 e. The summed E-state index contributed by atoms with van der Waals surface area (Å²) in [5.74, 6) is -3.20. The molecule has 0 saturated heterocycles. The normalized spacial score (nSPS) is 18.2. The van der Waals surface area contributed by atoms with Crippen LogP contribution >= 0.6 is 0 Å². The van der Waals surface area contributed by atoms with Crippen molar-refractivity contribution in [1.29, 1.82) is 0 Å². The van der Waals surface area contributed by atoms with Crippen LogP contribution in [0.3, 0.4) is 0 Å². The van der Waals surface area contributed by atoms with Gasteiger partial charge in [-0.05, 0) is 43.9 Å². The van der Waals surface area contributed by atoms with Crippen LogP contribution < -0.4 is 4.90 Å². The Morgan fingerprint density at radius 2 is 1.67 bits per heavy atom. The summed E-state index contributed by atoms with van der Waals surface area (Å²) >= 11 is 0. The molecule has 5 nitrogen and oxygen atoms in total. The Kier molecular flexibility index (Phi) is 3.08. The van der Waals surface area contributed by atoms with Gasteiger partial charge in [0.2, 0.25) is 0 Å². The molecule has 0 fully saturated rings. The highest BCUT2D eigenvalue weighted by Crippen LogP contribution is 2.35. The van der Waals surface area contributed by atoms with Crippen LogP contribution in [0.15, 0.2) is 29.3 Å². The molecule has 1 aromatic carbocycles. The number of carboxylic acid groups (broad SMARTS) is 1. The van der Waals surface area contributed by atoms with Gasteiger partial charge in [-0.25, -0.2) is 14.1 Å². The highest BCUT2D eigenvalue weighted by atomic mass is 19.1. The standard InChI is InChI=1S/C15H12FNO4/c16-12-7-8(5-6-11(12)15(20)21)17-13(18)9-3-1-2-4-10(9)14(17)19/h5-7H,1-4H2,(H,20,21). The molecule has 6 heteroatoms. The minimum Gasteiger partial charge on any atom is -0.478 e. The molecule has 0 radical (unpaired) electrons. The summed E-state index contributed by atoms with van der Waals surface area (Å²) in [6.07, 6.45) is 2.84. The molecular weight excluding hydrogens is 277 g/mol. The van der Waals surface area contributed by atoms with Crippen molar-refractivity contribution in [2.45, 2.75) is 25.7 Å². The number of hydrogen-bond donors (Lipinski definition) is 1. The number of rotatable bonds is 2. The van der Waals surface area contributed by atoms with Crippen molar-refractivity contribution in [3.05, 3.63) is 40.7 Å². The lowest BCUT2D eigenvalue weighted by Gasteiger charge is -2.15. The van der Waals surface area contributed by atoms with E-state index in [1.165, 1.54) is 6.07 Å². The maximum Gasteiger partial charge on any atom is 0.338 e. The van der Waals surface area contributed by atoms with E-state index in [4.69, 9.17) is 5.11 Å². The fourth-order valence-electron chi connectivity index (χ4n) is 2.79. The molecule has 1 aliphatic carbocycles. The highest BCUT2D eigenvalue weighted by molar-refractivity contribution is 6.33. The zero-order chi connectivity index (χ0) is 15.1. The third-order valence-electron chi connectivity index (χ3n) is 3.83. The SMILES string of the molecule is O=C(O)c1ccc(N2C(=O)C3=C(CCCC3)C2=O)cc1F. The maximum absolute atomic E-state index is 13.7. The zero-order valence-corrected chi connectivity index (χ0v) is 11.1. The summed E-state index contributed by atoms with van der Waals surface area (Å²) < 4.78 is 13.7. The molecule has 0 saturated carbocycles. The van der Waals surface area contributed by atoms with Gasteiger partial charge < -0.3 is 5.11 Å². The molecule has 1 aliphatic heterocycles. The number of halogens is 1. The van der Waals surface area contributed by atoms with E-state index in [2.05, 4.69) is 0 Å². The number of carboxylic acids is 1. The third kappa shape index (κ3) is 2.03. The van der Waals surface area contributed by atoms with E-state index >= 15 is 0 Å². The first kappa shape index (κ1) is 13.5. The van der Waals surface area contributed by atoms with Gasteiger partial charge in [0.05, 0.1) is 11.3 Å². The van der Waals surface area contributed by atoms with Gasteiger partial charge in [0.25, 0.3) is 11.8 Å². The quantitative estimate of drug-likeness (QED) is 0.847. The molecule has 2 amide bonds. The van der Waals surface area contributed by atoms with Crippen molar-refractivity contribution in [3.63, 3.8) is 0 Å². The van der Waals surface area contributed by atoms with Crippen LogP contribution in [0.4, 0.5) is 10.1 Å². The maximum atomic E-state index is 13.7. The first-order valence-electron chi connectivity index (χ1n) is 6.64. The van der Waals surface area contributed by atoms with Crippen molar-refractivity contribution in [3.8, 4) is 0 Å². The number of nitrogens with zero attached hydrogens (tertiary/aromatic N) is 1. The van der Waals surface area contributed by atoms with E-state index in [0.29, 0.717) is 24.0 Å². The van der Waals surface area contributed by atoms with Crippen LogP contribution in [0.5, 0.6) is 0 Å². The minimum absolute atomic E-state index is 0.0712. The Labute approximate surface area is 119 Å². The second kappa shape index (κ2) is 4.80. The van der Waals surface area contributed by atoms with Crippen molar-refractivity contribution >= 4 is 23.5 Å². The second-order valence-corrected chi connectivity index (χ2v) is 5.08. The number of carbonyl (C=O) groups excluding carboxylic acids is 2. The monoisotopic (exact) mass is 289 g/mol. The number of amides is 2. The van der Waals surface area contributed by atoms with Crippen molar-refractivity contribution in [2.75, 3.05) is 4.90 Å². The first-order chi connectivity index (χ1) is 10.0. The molecule has 2 aliphatic rings. The van der Waals surface area contributed by atoms with Crippen LogP contribution in [0.1, 0.15) is 36.0 Å². The summed E-state index contributed by atoms with van der Waals surface area (Å²) in [4.78, 5) is 36.3. The number of imide groups is 1. The van der Waals surface area contributed by atoms with Gasteiger partial charge in [-0.3, -0.25) is 9.59 Å². The highest BCUT2D eigenvalue weighted by Gasteiger charge is 2.39. The van der Waals surface area contributed by atoms with Crippen LogP contribution in [0, 0.1) is 5.82 Å². The molecule has 1 aromatic rings. The summed E-state index contributed by atoms with van der Waals surface area (Å²) in [5, 5.41) is 8.80. The molecule has 0 bridgehead atoms. The van der Waals surface area contributed by atoms with Gasteiger partial charge in [0, 0.05) is 11.1 Å². The van der Waals surface area contributed by atoms with Crippen LogP contribution in [0.2, 0.25) is 0 Å². The average Bonchev–Trinajstić information content (AvgIpc) is 2.71. The smallest absolute Gasteiger partial charge is 0.338 e. The Morgan fingerprint density at radius 1 is 1.10 bits per heavy atom. The van der Waals surface area contributed by atoms with Crippen LogP contribution in [0.25, 0.3) is 0 Å². The summed E-state index contributed by atoms with van der Waals surface area (Å²) in [5.41, 5.74) is 0.598. The third-order valence-corrected chi connectivity index (χ3v) is 3.83. The predicted octanol–water partition coefficient (Wildman–Crippen LogP) is 2.27. The number of carbonyl (C=O) groups is 3. The Balaban J connectivity index is 1.99. The minimum atomic E-state index is -1.39. The molecule has 0 aromatic heterocycles. The van der Waals surface area contributed by atoms with E-state index in [0.717, 1.165) is 29.9 Å². The molecule has 0 atom stereocenters. The van der Waals surface area contributed by atoms with Gasteiger partial charge in [-0.2, -0.15) is 0 Å². The second-order valence-electron chi connectivity index (χ2n) is 5.08. The Morgan fingerprint density at radius 3 is 2.14 bits per heavy atom. The van der Waals surface area contributed by atoms with E-state index in [1.807, 2.05) is 0 Å². The zero-order valence-electron chi connectivity index (χ0n) is 11.1. The van der Waals surface area contributed by atoms with Crippen molar-refractivity contribution in [2.24, 2.45) is 0 Å². The van der Waals surface area contributed by atoms with Gasteiger partial charge >= 0.3 is 5.97 Å². The molecule has 0 spiro atoms. The molecular formula is C15H12FNO4. The van der Waals surface area contributed by atoms with E-state index in [-0.39, 0.29) is 5.69 Å². The lowest BCUT2D eigenvalue weighted by molar-refractivity contribution is -0.120. The molecule has 108 valence electrons. The lowest BCUT2D eigenvalue weighted by atomic mass is 9.93. The van der Waals surface area contributed by atoms with Crippen molar-refractivity contribution in [1.82, 2.24) is 0 Å². The van der Waals surface area contributed by atoms with Gasteiger partial charge in [-0.15, -0.1) is 0 Å². The topological polar surface area (TPSA) is 74.7 Å². The van der Waals surface area contributed by atoms with Gasteiger partial charge in [-0.1, -0.05) is 0 Å².